The number of hydrogen-bond acceptors (Lipinski definition) is 1. The minimum Gasteiger partial charge on any atom is -0.326 e. The van der Waals surface area contributed by atoms with Gasteiger partial charge in [-0.3, -0.25) is 0 Å². The highest BCUT2D eigenvalue weighted by Gasteiger charge is 2.07. The van der Waals surface area contributed by atoms with Crippen LogP contribution in [0.1, 0.15) is 6.42 Å². The summed E-state index contributed by atoms with van der Waals surface area (Å²) >= 11 is 0. The van der Waals surface area contributed by atoms with Crippen molar-refractivity contribution in [2.45, 2.75) is 6.42 Å². The molecule has 1 aliphatic rings. The van der Waals surface area contributed by atoms with Crippen molar-refractivity contribution in [2.75, 3.05) is 13.6 Å². The van der Waals surface area contributed by atoms with Crippen molar-refractivity contribution in [3.63, 3.8) is 0 Å². The Bertz CT molecular complexity index is 130. The molecule has 3 nitrogen and oxygen atoms in total. The molecule has 2 amide bonds. The van der Waals surface area contributed by atoms with Gasteiger partial charge < -0.3 is 4.90 Å². The fourth-order valence-corrected chi connectivity index (χ4v) is 0.588. The Morgan fingerprint density at radius 1 is 1.88 bits per heavy atom. The summed E-state index contributed by atoms with van der Waals surface area (Å²) in [5.74, 6) is 0. The summed E-state index contributed by atoms with van der Waals surface area (Å²) in [6.45, 7) is 0.808. The molecule has 3 heteroatoms. The molecule has 0 radical (unpaired) electrons. The molecule has 0 bridgehead atoms. The monoisotopic (exact) mass is 112 g/mol. The van der Waals surface area contributed by atoms with Crippen molar-refractivity contribution in [3.8, 4) is 0 Å². The maximum absolute atomic E-state index is 10.5. The van der Waals surface area contributed by atoms with E-state index in [1.807, 2.05) is 0 Å². The van der Waals surface area contributed by atoms with E-state index in [-0.39, 0.29) is 6.03 Å². The summed E-state index contributed by atoms with van der Waals surface area (Å²) in [5, 5.41) is 0. The average molecular weight is 112 g/mol. The van der Waals surface area contributed by atoms with Crippen LogP contribution in [0.4, 0.5) is 4.79 Å². The summed E-state index contributed by atoms with van der Waals surface area (Å²) in [6, 6.07) is -0.128. The molecular formula is C5H8N2O. The van der Waals surface area contributed by atoms with E-state index in [1.54, 1.807) is 18.2 Å². The highest BCUT2D eigenvalue weighted by atomic mass is 16.2. The van der Waals surface area contributed by atoms with Gasteiger partial charge >= 0.3 is 6.03 Å². The standard InChI is InChI=1S/C5H8N2O/c1-7-4-2-3-6-5(7)8/h3H,2,4H2,1H3. The predicted octanol–water partition coefficient (Wildman–Crippen LogP) is 0.513. The molecule has 0 aromatic carbocycles. The largest absolute Gasteiger partial charge is 0.342 e. The molecule has 0 saturated carbocycles. The second-order valence-electron chi connectivity index (χ2n) is 1.80. The van der Waals surface area contributed by atoms with Crippen LogP contribution in [0.3, 0.4) is 0 Å². The molecule has 0 fully saturated rings. The molecule has 0 aliphatic carbocycles. The summed E-state index contributed by atoms with van der Waals surface area (Å²) in [6.07, 6.45) is 2.55. The minimum absolute atomic E-state index is 0.128. The third kappa shape index (κ3) is 0.857. The van der Waals surface area contributed by atoms with E-state index in [0.29, 0.717) is 0 Å². The molecule has 1 heterocycles. The third-order valence-corrected chi connectivity index (χ3v) is 1.12. The van der Waals surface area contributed by atoms with Gasteiger partial charge in [0.15, 0.2) is 0 Å². The molecule has 1 aliphatic heterocycles. The maximum Gasteiger partial charge on any atom is 0.342 e. The van der Waals surface area contributed by atoms with Crippen LogP contribution in [-0.4, -0.2) is 30.7 Å². The fraction of sp³-hybridized carbons (Fsp3) is 0.600. The molecule has 0 aromatic heterocycles. The van der Waals surface area contributed by atoms with Crippen molar-refractivity contribution in [2.24, 2.45) is 4.99 Å². The van der Waals surface area contributed by atoms with Crippen molar-refractivity contribution >= 4 is 12.2 Å². The fourth-order valence-electron chi connectivity index (χ4n) is 0.588. The number of urea groups is 1. The van der Waals surface area contributed by atoms with Crippen LogP contribution >= 0.6 is 0 Å². The topological polar surface area (TPSA) is 32.7 Å². The summed E-state index contributed by atoms with van der Waals surface area (Å²) < 4.78 is 0. The van der Waals surface area contributed by atoms with Gasteiger partial charge in [-0.05, 0) is 0 Å². The van der Waals surface area contributed by atoms with Crippen molar-refractivity contribution in [3.05, 3.63) is 0 Å². The lowest BCUT2D eigenvalue weighted by Crippen LogP contribution is -2.28. The predicted molar refractivity (Wildman–Crippen MR) is 31.1 cm³/mol. The van der Waals surface area contributed by atoms with Crippen LogP contribution in [0.15, 0.2) is 4.99 Å². The Kier molecular flexibility index (Phi) is 1.28. The summed E-state index contributed by atoms with van der Waals surface area (Å²) in [5.41, 5.74) is 0. The van der Waals surface area contributed by atoms with Crippen LogP contribution in [0.2, 0.25) is 0 Å². The van der Waals surface area contributed by atoms with Crippen molar-refractivity contribution < 1.29 is 4.79 Å². The Morgan fingerprint density at radius 3 is 3.00 bits per heavy atom. The highest BCUT2D eigenvalue weighted by Crippen LogP contribution is 1.95. The van der Waals surface area contributed by atoms with E-state index in [1.165, 1.54) is 0 Å². The summed E-state index contributed by atoms with van der Waals surface area (Å²) in [7, 11) is 1.75. The number of amides is 2. The van der Waals surface area contributed by atoms with E-state index in [9.17, 15) is 4.79 Å². The maximum atomic E-state index is 10.5. The van der Waals surface area contributed by atoms with Gasteiger partial charge in [-0.1, -0.05) is 0 Å². The number of nitrogens with zero attached hydrogens (tertiary/aromatic N) is 2. The first-order valence-electron chi connectivity index (χ1n) is 2.58. The van der Waals surface area contributed by atoms with E-state index < -0.39 is 0 Å². The lowest BCUT2D eigenvalue weighted by Gasteiger charge is -2.15. The number of rotatable bonds is 0. The average Bonchev–Trinajstić information content (AvgIpc) is 1.77. The molecular weight excluding hydrogens is 104 g/mol. The SMILES string of the molecule is CN1CCC=NC1=O. The van der Waals surface area contributed by atoms with Crippen LogP contribution in [-0.2, 0) is 0 Å². The first kappa shape index (κ1) is 5.28. The molecule has 0 atom stereocenters. The van der Waals surface area contributed by atoms with Gasteiger partial charge in [-0.15, -0.1) is 0 Å². The Morgan fingerprint density at radius 2 is 2.62 bits per heavy atom. The van der Waals surface area contributed by atoms with E-state index in [2.05, 4.69) is 4.99 Å². The molecule has 0 saturated heterocycles. The molecule has 0 N–H and O–H groups in total. The van der Waals surface area contributed by atoms with Crippen LogP contribution in [0.25, 0.3) is 0 Å². The Labute approximate surface area is 48.0 Å². The lowest BCUT2D eigenvalue weighted by atomic mass is 10.4. The number of aliphatic imine (C=N–C) groups is 1. The molecule has 0 aromatic rings. The second kappa shape index (κ2) is 1.94. The van der Waals surface area contributed by atoms with E-state index in [4.69, 9.17) is 0 Å². The van der Waals surface area contributed by atoms with Gasteiger partial charge in [0.05, 0.1) is 0 Å². The quantitative estimate of drug-likeness (QED) is 0.449. The van der Waals surface area contributed by atoms with Crippen molar-refractivity contribution in [1.82, 2.24) is 4.90 Å². The number of carbonyl (C=O) groups excluding carboxylic acids is 1. The van der Waals surface area contributed by atoms with Crippen molar-refractivity contribution in [1.29, 1.82) is 0 Å². The Hall–Kier alpha value is -0.860. The van der Waals surface area contributed by atoms with Gasteiger partial charge in [0.25, 0.3) is 0 Å². The molecule has 0 spiro atoms. The minimum atomic E-state index is -0.128. The molecule has 44 valence electrons. The molecule has 8 heavy (non-hydrogen) atoms. The van der Waals surface area contributed by atoms with Gasteiger partial charge in [0.2, 0.25) is 0 Å². The van der Waals surface area contributed by atoms with E-state index in [0.717, 1.165) is 13.0 Å². The smallest absolute Gasteiger partial charge is 0.326 e. The van der Waals surface area contributed by atoms with Crippen LogP contribution in [0, 0.1) is 0 Å². The Balaban J connectivity index is 2.60. The first-order chi connectivity index (χ1) is 3.80. The highest BCUT2D eigenvalue weighted by molar-refractivity contribution is 5.85. The second-order valence-corrected chi connectivity index (χ2v) is 1.80. The zero-order chi connectivity index (χ0) is 5.98. The molecule has 1 rings (SSSR count). The van der Waals surface area contributed by atoms with E-state index >= 15 is 0 Å². The third-order valence-electron chi connectivity index (χ3n) is 1.12. The first-order valence-corrected chi connectivity index (χ1v) is 2.58. The summed E-state index contributed by atoms with van der Waals surface area (Å²) in [4.78, 5) is 15.7. The molecule has 0 unspecified atom stereocenters. The van der Waals surface area contributed by atoms with Gasteiger partial charge in [0.1, 0.15) is 0 Å². The number of carbonyl (C=O) groups is 1. The number of hydrogen-bond donors (Lipinski definition) is 0. The van der Waals surface area contributed by atoms with Gasteiger partial charge in [-0.25, -0.2) is 9.79 Å². The normalized spacial score (nSPS) is 19.6. The van der Waals surface area contributed by atoms with Gasteiger partial charge in [-0.2, -0.15) is 0 Å². The zero-order valence-corrected chi connectivity index (χ0v) is 4.79. The van der Waals surface area contributed by atoms with Crippen LogP contribution < -0.4 is 0 Å². The van der Waals surface area contributed by atoms with Crippen LogP contribution in [0.5, 0.6) is 0 Å². The lowest BCUT2D eigenvalue weighted by molar-refractivity contribution is 0.218. The zero-order valence-electron chi connectivity index (χ0n) is 4.79. The van der Waals surface area contributed by atoms with Gasteiger partial charge in [0, 0.05) is 26.2 Å².